The topological polar surface area (TPSA) is 0 Å². The first-order valence-electron chi connectivity index (χ1n) is 3.69. The van der Waals surface area contributed by atoms with Crippen molar-refractivity contribution in [1.82, 2.24) is 0 Å². The van der Waals surface area contributed by atoms with Crippen LogP contribution in [0.5, 0.6) is 0 Å². The van der Waals surface area contributed by atoms with Crippen LogP contribution in [0, 0.1) is 6.08 Å². The third-order valence-electron chi connectivity index (χ3n) is 1.57. The predicted octanol–water partition coefficient (Wildman–Crippen LogP) is -3.13. The maximum atomic E-state index is 3.30. The van der Waals surface area contributed by atoms with Crippen LogP contribution in [0.15, 0.2) is 17.7 Å². The zero-order valence-corrected chi connectivity index (χ0v) is 15.1. The molecule has 0 radical (unpaired) electrons. The second-order valence-corrected chi connectivity index (χ2v) is 2.41. The van der Waals surface area contributed by atoms with Crippen LogP contribution in [0.3, 0.4) is 0 Å². The van der Waals surface area contributed by atoms with Crippen molar-refractivity contribution in [2.45, 2.75) is 32.6 Å². The Hall–Kier alpha value is 1.81. The summed E-state index contributed by atoms with van der Waals surface area (Å²) in [5.74, 6) is 0. The summed E-state index contributed by atoms with van der Waals surface area (Å²) in [6.07, 6.45) is 12.5. The second kappa shape index (κ2) is 12.8. The third-order valence-corrected chi connectivity index (χ3v) is 1.57. The molecular weight excluding hydrogens is 540 g/mol. The molecule has 0 fully saturated rings. The monoisotopic (exact) mass is 555 g/mol. The van der Waals surface area contributed by atoms with E-state index in [-0.39, 0.29) is 73.8 Å². The van der Waals surface area contributed by atoms with E-state index in [1.54, 1.807) is 0 Å². The molecule has 0 saturated carbocycles. The minimum Gasteiger partial charge on any atom is -1.00 e. The maximum absolute atomic E-state index is 3.30. The van der Waals surface area contributed by atoms with Gasteiger partial charge in [-0.2, -0.15) is 6.08 Å². The molecule has 0 saturated heterocycles. The molecule has 0 aromatic carbocycles. The van der Waals surface area contributed by atoms with Gasteiger partial charge in [-0.3, -0.25) is 6.08 Å². The fraction of sp³-hybridized carbons (Fsp3) is 0.556. The molecule has 0 aromatic heterocycles. The van der Waals surface area contributed by atoms with Crippen molar-refractivity contribution < 1.29 is 73.8 Å². The van der Waals surface area contributed by atoms with Gasteiger partial charge in [0.1, 0.15) is 0 Å². The normalized spacial score (nSPS) is 12.2. The first-order chi connectivity index (χ1) is 4.43. The van der Waals surface area contributed by atoms with Crippen LogP contribution >= 0.6 is 0 Å². The third kappa shape index (κ3) is 8.41. The molecule has 1 aliphatic carbocycles. The molecule has 0 nitrogen and oxygen atoms in total. The minimum atomic E-state index is 0. The maximum Gasteiger partial charge on any atom is 0 e. The van der Waals surface area contributed by atoms with Crippen LogP contribution in [-0.4, -0.2) is 0 Å². The molecule has 0 unspecified atom stereocenters. The van der Waals surface area contributed by atoms with Gasteiger partial charge in [0.2, 0.25) is 0 Å². The van der Waals surface area contributed by atoms with E-state index in [2.05, 4.69) is 25.2 Å². The number of halogens is 2. The van der Waals surface area contributed by atoms with E-state index < -0.39 is 0 Å². The summed E-state index contributed by atoms with van der Waals surface area (Å²) in [4.78, 5) is 0. The predicted molar refractivity (Wildman–Crippen MR) is 40.0 cm³/mol. The van der Waals surface area contributed by atoms with Crippen molar-refractivity contribution >= 4 is 0 Å². The average Bonchev–Trinajstić information content (AvgIpc) is 2.34. The smallest absolute Gasteiger partial charge is 0 e. The van der Waals surface area contributed by atoms with Crippen LogP contribution < -0.4 is 48.0 Å². The van der Waals surface area contributed by atoms with Crippen molar-refractivity contribution in [2.75, 3.05) is 0 Å². The van der Waals surface area contributed by atoms with Gasteiger partial charge in [0.25, 0.3) is 0 Å². The number of hydrogen-bond acceptors (Lipinski definition) is 0. The molecule has 12 heavy (non-hydrogen) atoms. The van der Waals surface area contributed by atoms with Crippen molar-refractivity contribution in [2.24, 2.45) is 0 Å². The molecular formula is C9H13HfI2-3. The Balaban J connectivity index is -0.000000270. The molecule has 0 amide bonds. The molecule has 0 spiro atoms. The molecule has 0 atom stereocenters. The van der Waals surface area contributed by atoms with Crippen molar-refractivity contribution in [3.63, 3.8) is 0 Å². The summed E-state index contributed by atoms with van der Waals surface area (Å²) in [5, 5.41) is 0. The molecule has 70 valence electrons. The molecule has 1 aliphatic rings. The van der Waals surface area contributed by atoms with Crippen LogP contribution in [0.4, 0.5) is 0 Å². The van der Waals surface area contributed by atoms with E-state index in [1.165, 1.54) is 24.8 Å². The van der Waals surface area contributed by atoms with Gasteiger partial charge in [-0.15, -0.1) is 6.42 Å². The van der Waals surface area contributed by atoms with E-state index in [0.717, 1.165) is 6.42 Å². The Morgan fingerprint density at radius 3 is 2.50 bits per heavy atom. The molecule has 0 N–H and O–H groups in total. The van der Waals surface area contributed by atoms with Crippen molar-refractivity contribution in [3.8, 4) is 0 Å². The Bertz CT molecular complexity index is 141. The van der Waals surface area contributed by atoms with Gasteiger partial charge in [-0.1, -0.05) is 26.2 Å². The number of allylic oxidation sites excluding steroid dienone is 4. The molecule has 0 aromatic rings. The van der Waals surface area contributed by atoms with Crippen LogP contribution in [-0.2, 0) is 25.8 Å². The zero-order valence-electron chi connectivity index (χ0n) is 7.24. The number of unbranched alkanes of at least 4 members (excludes halogenated alkanes) is 1. The van der Waals surface area contributed by atoms with E-state index >= 15 is 0 Å². The van der Waals surface area contributed by atoms with Crippen molar-refractivity contribution in [1.29, 1.82) is 0 Å². The van der Waals surface area contributed by atoms with Crippen LogP contribution in [0.25, 0.3) is 0 Å². The van der Waals surface area contributed by atoms with E-state index in [9.17, 15) is 0 Å². The molecule has 0 heterocycles. The summed E-state index contributed by atoms with van der Waals surface area (Å²) in [6.45, 7) is 2.22. The summed E-state index contributed by atoms with van der Waals surface area (Å²) in [7, 11) is 0. The Kier molecular flexibility index (Phi) is 20.7. The zero-order chi connectivity index (χ0) is 6.53. The van der Waals surface area contributed by atoms with Crippen LogP contribution in [0.2, 0.25) is 0 Å². The summed E-state index contributed by atoms with van der Waals surface area (Å²) < 4.78 is 0. The average molecular weight is 554 g/mol. The SMILES string of the molecule is CCCCC1=[C-]CC=C1.[Hf].[I-].[I-]. The largest absolute Gasteiger partial charge is 1.00 e. The first-order valence-corrected chi connectivity index (χ1v) is 3.69. The van der Waals surface area contributed by atoms with E-state index in [1.807, 2.05) is 0 Å². The fourth-order valence-corrected chi connectivity index (χ4v) is 0.989. The molecule has 0 aliphatic heterocycles. The Morgan fingerprint density at radius 1 is 1.42 bits per heavy atom. The standard InChI is InChI=1S/C9H13.Hf.2HI/c1-2-3-6-9-7-4-5-8-9;;;/h4,7H,2-3,5-6H2,1H3;;2*1H/q-1;;;/p-2. The van der Waals surface area contributed by atoms with Gasteiger partial charge in [0.05, 0.1) is 0 Å². The fourth-order valence-electron chi connectivity index (χ4n) is 0.989. The number of rotatable bonds is 3. The van der Waals surface area contributed by atoms with Gasteiger partial charge < -0.3 is 48.0 Å². The van der Waals surface area contributed by atoms with E-state index in [4.69, 9.17) is 0 Å². The molecule has 3 heteroatoms. The summed E-state index contributed by atoms with van der Waals surface area (Å²) >= 11 is 0. The number of hydrogen-bond donors (Lipinski definition) is 0. The van der Waals surface area contributed by atoms with Gasteiger partial charge in [0.15, 0.2) is 0 Å². The Labute approximate surface area is 128 Å². The molecule has 1 rings (SSSR count). The van der Waals surface area contributed by atoms with Gasteiger partial charge in [-0.25, -0.2) is 11.6 Å². The minimum absolute atomic E-state index is 0. The quantitative estimate of drug-likeness (QED) is 0.197. The van der Waals surface area contributed by atoms with Gasteiger partial charge in [-0.05, 0) is 0 Å². The summed E-state index contributed by atoms with van der Waals surface area (Å²) in [5.41, 5.74) is 1.41. The summed E-state index contributed by atoms with van der Waals surface area (Å²) in [6, 6.07) is 0. The molecule has 0 bridgehead atoms. The van der Waals surface area contributed by atoms with E-state index in [0.29, 0.717) is 0 Å². The van der Waals surface area contributed by atoms with Crippen molar-refractivity contribution in [3.05, 3.63) is 23.8 Å². The first kappa shape index (κ1) is 19.4. The van der Waals surface area contributed by atoms with Gasteiger partial charge >= 0.3 is 0 Å². The van der Waals surface area contributed by atoms with Gasteiger partial charge in [0, 0.05) is 25.8 Å². The Morgan fingerprint density at radius 2 is 2.08 bits per heavy atom. The van der Waals surface area contributed by atoms with Crippen LogP contribution in [0.1, 0.15) is 32.6 Å². The second-order valence-electron chi connectivity index (χ2n) is 2.41.